The lowest BCUT2D eigenvalue weighted by molar-refractivity contribution is 0.226. The van der Waals surface area contributed by atoms with E-state index in [0.717, 1.165) is 40.3 Å². The summed E-state index contributed by atoms with van der Waals surface area (Å²) >= 11 is 6.26. The van der Waals surface area contributed by atoms with E-state index in [1.165, 1.54) is 25.9 Å². The molecule has 1 saturated heterocycles. The fourth-order valence-corrected chi connectivity index (χ4v) is 3.90. The van der Waals surface area contributed by atoms with Gasteiger partial charge < -0.3 is 21.3 Å². The summed E-state index contributed by atoms with van der Waals surface area (Å²) in [6.07, 6.45) is 6.01. The van der Waals surface area contributed by atoms with Crippen molar-refractivity contribution in [1.29, 1.82) is 0 Å². The van der Waals surface area contributed by atoms with Crippen LogP contribution in [0.1, 0.15) is 18.4 Å². The van der Waals surface area contributed by atoms with Gasteiger partial charge in [-0.3, -0.25) is 0 Å². The van der Waals surface area contributed by atoms with Gasteiger partial charge in [0.2, 0.25) is 0 Å². The Morgan fingerprint density at radius 1 is 1.07 bits per heavy atom. The Kier molecular flexibility index (Phi) is 6.02. The second kappa shape index (κ2) is 8.84. The van der Waals surface area contributed by atoms with Crippen molar-refractivity contribution in [2.75, 3.05) is 43.0 Å². The molecule has 0 amide bonds. The summed E-state index contributed by atoms with van der Waals surface area (Å²) in [5.74, 6) is 2.16. The monoisotopic (exact) mass is 410 g/mol. The van der Waals surface area contributed by atoms with Crippen LogP contribution in [-0.2, 0) is 6.54 Å². The number of aromatic nitrogens is 2. The summed E-state index contributed by atoms with van der Waals surface area (Å²) in [7, 11) is 2.19. The van der Waals surface area contributed by atoms with Gasteiger partial charge in [-0.15, -0.1) is 0 Å². The number of hydrogen-bond donors (Lipinski definition) is 3. The van der Waals surface area contributed by atoms with E-state index in [1.54, 1.807) is 6.20 Å². The van der Waals surface area contributed by atoms with Crippen molar-refractivity contribution in [3.63, 3.8) is 0 Å². The van der Waals surface area contributed by atoms with Crippen molar-refractivity contribution in [3.8, 4) is 0 Å². The molecule has 0 spiro atoms. The van der Waals surface area contributed by atoms with Crippen molar-refractivity contribution in [2.24, 2.45) is 5.92 Å². The molecule has 0 radical (unpaired) electrons. The molecule has 4 rings (SSSR count). The molecule has 2 aromatic heterocycles. The third-order valence-corrected chi connectivity index (χ3v) is 5.90. The van der Waals surface area contributed by atoms with Crippen molar-refractivity contribution in [2.45, 2.75) is 19.4 Å². The first-order valence-electron chi connectivity index (χ1n) is 10.0. The number of benzene rings is 1. The zero-order valence-corrected chi connectivity index (χ0v) is 17.4. The third kappa shape index (κ3) is 4.89. The number of piperidine rings is 1. The smallest absolute Gasteiger partial charge is 0.131 e. The third-order valence-electron chi connectivity index (χ3n) is 5.60. The topological polar surface area (TPSA) is 79.1 Å². The van der Waals surface area contributed by atoms with E-state index in [9.17, 15) is 0 Å². The summed E-state index contributed by atoms with van der Waals surface area (Å²) in [6, 6.07) is 10.1. The van der Waals surface area contributed by atoms with Crippen molar-refractivity contribution < 1.29 is 0 Å². The molecule has 3 aromatic rings. The first-order chi connectivity index (χ1) is 14.1. The molecule has 29 heavy (non-hydrogen) atoms. The highest BCUT2D eigenvalue weighted by Gasteiger charge is 2.16. The van der Waals surface area contributed by atoms with Crippen LogP contribution >= 0.6 is 11.6 Å². The first kappa shape index (κ1) is 19.7. The van der Waals surface area contributed by atoms with Crippen molar-refractivity contribution in [1.82, 2.24) is 14.9 Å². The number of anilines is 3. The van der Waals surface area contributed by atoms with Gasteiger partial charge in [0.15, 0.2) is 0 Å². The Hall–Kier alpha value is -2.57. The Morgan fingerprint density at radius 3 is 2.66 bits per heavy atom. The van der Waals surface area contributed by atoms with Crippen LogP contribution in [0.5, 0.6) is 0 Å². The summed E-state index contributed by atoms with van der Waals surface area (Å²) in [6.45, 7) is 4.06. The van der Waals surface area contributed by atoms with Crippen LogP contribution < -0.4 is 16.4 Å². The lowest BCUT2D eigenvalue weighted by atomic mass is 9.97. The number of fused-ring (bicyclic) bond motifs is 1. The highest BCUT2D eigenvalue weighted by Crippen LogP contribution is 2.29. The molecule has 1 aliphatic rings. The molecule has 1 aromatic carbocycles. The minimum atomic E-state index is 0.489. The Bertz CT molecular complexity index is 967. The zero-order valence-electron chi connectivity index (χ0n) is 16.7. The number of hydrogen-bond acceptors (Lipinski definition) is 6. The minimum Gasteiger partial charge on any atom is -0.383 e. The van der Waals surface area contributed by atoms with Crippen LogP contribution in [0.4, 0.5) is 17.3 Å². The van der Waals surface area contributed by atoms with E-state index in [2.05, 4.69) is 44.7 Å². The maximum absolute atomic E-state index is 6.26. The average Bonchev–Trinajstić information content (AvgIpc) is 2.75. The van der Waals surface area contributed by atoms with Crippen LogP contribution in [0, 0.1) is 5.92 Å². The van der Waals surface area contributed by atoms with E-state index < -0.39 is 0 Å². The van der Waals surface area contributed by atoms with Gasteiger partial charge >= 0.3 is 0 Å². The molecule has 6 nitrogen and oxygen atoms in total. The predicted molar refractivity (Wildman–Crippen MR) is 121 cm³/mol. The lowest BCUT2D eigenvalue weighted by Crippen LogP contribution is -2.33. The SMILES string of the molecule is CN1CCC(CNc2ccc(CNc3ccc4c(N)ncc(Cl)c4c3)cn2)CC1. The number of likely N-dealkylation sites (tertiary alicyclic amines) is 1. The number of nitrogens with zero attached hydrogens (tertiary/aromatic N) is 3. The van der Waals surface area contributed by atoms with Gasteiger partial charge in [0, 0.05) is 41.9 Å². The maximum Gasteiger partial charge on any atom is 0.131 e. The van der Waals surface area contributed by atoms with Crippen LogP contribution in [0.15, 0.2) is 42.7 Å². The number of rotatable bonds is 6. The fourth-order valence-electron chi connectivity index (χ4n) is 3.69. The number of nitrogens with one attached hydrogen (secondary N) is 2. The minimum absolute atomic E-state index is 0.489. The molecule has 0 aliphatic carbocycles. The largest absolute Gasteiger partial charge is 0.383 e. The molecule has 0 atom stereocenters. The number of pyridine rings is 2. The van der Waals surface area contributed by atoms with E-state index in [0.29, 0.717) is 17.4 Å². The normalized spacial score (nSPS) is 15.5. The quantitative estimate of drug-likeness (QED) is 0.564. The molecule has 0 saturated carbocycles. The van der Waals surface area contributed by atoms with Gasteiger partial charge in [0.25, 0.3) is 0 Å². The van der Waals surface area contributed by atoms with Crippen LogP contribution in [0.2, 0.25) is 5.02 Å². The molecule has 1 fully saturated rings. The number of nitrogens with two attached hydrogens (primary N) is 1. The fraction of sp³-hybridized carbons (Fsp3) is 0.364. The van der Waals surface area contributed by atoms with Gasteiger partial charge in [-0.25, -0.2) is 9.97 Å². The second-order valence-electron chi connectivity index (χ2n) is 7.78. The maximum atomic E-state index is 6.26. The van der Waals surface area contributed by atoms with Crippen molar-refractivity contribution >= 4 is 39.7 Å². The van der Waals surface area contributed by atoms with Gasteiger partial charge in [-0.1, -0.05) is 17.7 Å². The Labute approximate surface area is 176 Å². The molecule has 152 valence electrons. The predicted octanol–water partition coefficient (Wildman–Crippen LogP) is 4.23. The van der Waals surface area contributed by atoms with Crippen molar-refractivity contribution in [3.05, 3.63) is 53.3 Å². The zero-order chi connectivity index (χ0) is 20.2. The number of halogens is 1. The van der Waals surface area contributed by atoms with E-state index in [4.69, 9.17) is 17.3 Å². The molecule has 4 N–H and O–H groups in total. The summed E-state index contributed by atoms with van der Waals surface area (Å²) in [5, 5.41) is 9.26. The average molecular weight is 411 g/mol. The van der Waals surface area contributed by atoms with E-state index in [1.807, 2.05) is 24.4 Å². The highest BCUT2D eigenvalue weighted by atomic mass is 35.5. The molecule has 3 heterocycles. The molecule has 0 unspecified atom stereocenters. The Morgan fingerprint density at radius 2 is 1.90 bits per heavy atom. The molecule has 7 heteroatoms. The lowest BCUT2D eigenvalue weighted by Gasteiger charge is -2.29. The second-order valence-corrected chi connectivity index (χ2v) is 8.19. The highest BCUT2D eigenvalue weighted by molar-refractivity contribution is 6.35. The summed E-state index contributed by atoms with van der Waals surface area (Å²) in [5.41, 5.74) is 8.03. The molecule has 1 aliphatic heterocycles. The standard InChI is InChI=1S/C22H27ClN6/c1-29-8-6-15(7-9-29)11-26-21-5-2-16(13-27-21)12-25-17-3-4-18-19(10-17)20(23)14-28-22(18)24/h2-5,10,13-15,25H,6-9,11-12H2,1H3,(H2,24,28)(H,26,27). The van der Waals surface area contributed by atoms with Crippen LogP contribution in [-0.4, -0.2) is 41.5 Å². The van der Waals surface area contributed by atoms with Crippen LogP contribution in [0.3, 0.4) is 0 Å². The van der Waals surface area contributed by atoms with E-state index >= 15 is 0 Å². The van der Waals surface area contributed by atoms with Gasteiger partial charge in [0.1, 0.15) is 11.6 Å². The molecule has 0 bridgehead atoms. The number of nitrogen functional groups attached to an aromatic ring is 1. The molecular weight excluding hydrogens is 384 g/mol. The molecular formula is C22H27ClN6. The van der Waals surface area contributed by atoms with Crippen LogP contribution in [0.25, 0.3) is 10.8 Å². The van der Waals surface area contributed by atoms with Gasteiger partial charge in [0.05, 0.1) is 5.02 Å². The summed E-state index contributed by atoms with van der Waals surface area (Å²) < 4.78 is 0. The van der Waals surface area contributed by atoms with Gasteiger partial charge in [-0.05, 0) is 68.7 Å². The Balaban J connectivity index is 1.32. The van der Waals surface area contributed by atoms with E-state index in [-0.39, 0.29) is 0 Å². The first-order valence-corrected chi connectivity index (χ1v) is 10.4. The summed E-state index contributed by atoms with van der Waals surface area (Å²) in [4.78, 5) is 11.0. The van der Waals surface area contributed by atoms with Gasteiger partial charge in [-0.2, -0.15) is 0 Å².